The summed E-state index contributed by atoms with van der Waals surface area (Å²) in [5.74, 6) is 0. The van der Waals surface area contributed by atoms with Gasteiger partial charge in [-0.25, -0.2) is 0 Å². The average molecular weight is 241 g/mol. The fourth-order valence-corrected chi connectivity index (χ4v) is 2.61. The third-order valence-corrected chi connectivity index (χ3v) is 3.97. The number of hydrogen-bond donors (Lipinski definition) is 1. The van der Waals surface area contributed by atoms with E-state index >= 15 is 0 Å². The van der Waals surface area contributed by atoms with E-state index in [1.54, 1.807) is 11.3 Å². The highest BCUT2D eigenvalue weighted by atomic mass is 32.1. The summed E-state index contributed by atoms with van der Waals surface area (Å²) in [6.07, 6.45) is 2.26. The van der Waals surface area contributed by atoms with Crippen LogP contribution < -0.4 is 5.32 Å². The molecule has 1 fully saturated rings. The summed E-state index contributed by atoms with van der Waals surface area (Å²) in [5, 5.41) is 3.35. The van der Waals surface area contributed by atoms with Crippen LogP contribution >= 0.6 is 11.3 Å². The van der Waals surface area contributed by atoms with E-state index in [0.717, 1.165) is 26.2 Å². The topological polar surface area (TPSA) is 37.4 Å². The van der Waals surface area contributed by atoms with Crippen molar-refractivity contribution >= 4 is 11.3 Å². The predicted molar refractivity (Wildman–Crippen MR) is 65.8 cm³/mol. The minimum atomic E-state index is 0.314. The van der Waals surface area contributed by atoms with Gasteiger partial charge in [0.05, 0.1) is 18.2 Å². The first-order valence-corrected chi connectivity index (χ1v) is 6.56. The zero-order valence-electron chi connectivity index (χ0n) is 9.85. The second kappa shape index (κ2) is 5.72. The lowest BCUT2D eigenvalue weighted by Crippen LogP contribution is -2.44. The number of hydrogen-bond acceptors (Lipinski definition) is 5. The fourth-order valence-electron chi connectivity index (χ4n) is 1.87. The molecule has 0 aliphatic carbocycles. The standard InChI is InChI=1S/C11H19N3OS/c1-9(11-6-13-8-16-11)14(2)7-10-5-12-3-4-15-10/h6,8-10,12H,3-5,7H2,1-2H3. The molecule has 0 spiro atoms. The Labute approximate surface area is 101 Å². The van der Waals surface area contributed by atoms with Crippen LogP contribution in [-0.4, -0.2) is 49.3 Å². The Balaban J connectivity index is 1.84. The van der Waals surface area contributed by atoms with Crippen molar-refractivity contribution in [2.24, 2.45) is 0 Å². The number of nitrogens with one attached hydrogen (secondary N) is 1. The van der Waals surface area contributed by atoms with E-state index in [0.29, 0.717) is 12.1 Å². The van der Waals surface area contributed by atoms with Gasteiger partial charge in [0.15, 0.2) is 0 Å². The maximum Gasteiger partial charge on any atom is 0.0826 e. The molecule has 1 aliphatic heterocycles. The van der Waals surface area contributed by atoms with Gasteiger partial charge in [0.25, 0.3) is 0 Å². The molecular formula is C11H19N3OS. The first-order chi connectivity index (χ1) is 7.77. The second-order valence-corrected chi connectivity index (χ2v) is 5.13. The quantitative estimate of drug-likeness (QED) is 0.857. The molecule has 2 heterocycles. The van der Waals surface area contributed by atoms with Gasteiger partial charge in [-0.3, -0.25) is 9.88 Å². The number of ether oxygens (including phenoxy) is 1. The molecule has 0 bridgehead atoms. The lowest BCUT2D eigenvalue weighted by Gasteiger charge is -2.30. The number of thiazole rings is 1. The third kappa shape index (κ3) is 3.01. The summed E-state index contributed by atoms with van der Waals surface area (Å²) >= 11 is 1.71. The van der Waals surface area contributed by atoms with Crippen LogP contribution in [0, 0.1) is 0 Å². The van der Waals surface area contributed by atoms with Crippen molar-refractivity contribution in [1.29, 1.82) is 0 Å². The molecule has 0 amide bonds. The highest BCUT2D eigenvalue weighted by Crippen LogP contribution is 2.22. The smallest absolute Gasteiger partial charge is 0.0826 e. The van der Waals surface area contributed by atoms with Crippen LogP contribution in [0.3, 0.4) is 0 Å². The van der Waals surface area contributed by atoms with Crippen LogP contribution in [0.5, 0.6) is 0 Å². The van der Waals surface area contributed by atoms with Crippen LogP contribution in [-0.2, 0) is 4.74 Å². The van der Waals surface area contributed by atoms with Crippen molar-refractivity contribution in [2.75, 3.05) is 33.3 Å². The summed E-state index contributed by atoms with van der Waals surface area (Å²) in [5.41, 5.74) is 1.89. The lowest BCUT2D eigenvalue weighted by molar-refractivity contribution is 0.00415. The number of likely N-dealkylation sites (N-methyl/N-ethyl adjacent to an activating group) is 1. The molecule has 2 unspecified atom stereocenters. The summed E-state index contributed by atoms with van der Waals surface area (Å²) < 4.78 is 5.70. The number of rotatable bonds is 4. The Bertz CT molecular complexity index is 298. The van der Waals surface area contributed by atoms with Crippen molar-refractivity contribution in [3.8, 4) is 0 Å². The Morgan fingerprint density at radius 2 is 2.62 bits per heavy atom. The minimum absolute atomic E-state index is 0.314. The SMILES string of the molecule is CC(c1cncs1)N(C)CC1CNCCO1. The normalized spacial score (nSPS) is 23.6. The Morgan fingerprint density at radius 3 is 3.25 bits per heavy atom. The van der Waals surface area contributed by atoms with Gasteiger partial charge in [-0.2, -0.15) is 0 Å². The molecule has 0 radical (unpaired) electrons. The third-order valence-electron chi connectivity index (χ3n) is 3.02. The summed E-state index contributed by atoms with van der Waals surface area (Å²) in [6.45, 7) is 5.94. The molecular weight excluding hydrogens is 222 g/mol. The Hall–Kier alpha value is -0.490. The van der Waals surface area contributed by atoms with Crippen LogP contribution in [0.15, 0.2) is 11.7 Å². The largest absolute Gasteiger partial charge is 0.374 e. The molecule has 1 N–H and O–H groups in total. The van der Waals surface area contributed by atoms with Gasteiger partial charge in [-0.05, 0) is 14.0 Å². The van der Waals surface area contributed by atoms with Crippen molar-refractivity contribution in [1.82, 2.24) is 15.2 Å². The van der Waals surface area contributed by atoms with E-state index in [-0.39, 0.29) is 0 Å². The van der Waals surface area contributed by atoms with Crippen LogP contribution in [0.1, 0.15) is 17.8 Å². The molecule has 1 aromatic heterocycles. The van der Waals surface area contributed by atoms with Gasteiger partial charge >= 0.3 is 0 Å². The van der Waals surface area contributed by atoms with E-state index in [1.807, 2.05) is 11.7 Å². The molecule has 0 saturated carbocycles. The van der Waals surface area contributed by atoms with E-state index < -0.39 is 0 Å². The fraction of sp³-hybridized carbons (Fsp3) is 0.727. The van der Waals surface area contributed by atoms with Gasteiger partial charge in [0.1, 0.15) is 0 Å². The average Bonchev–Trinajstić information content (AvgIpc) is 2.83. The maximum absolute atomic E-state index is 5.70. The molecule has 2 atom stereocenters. The molecule has 1 saturated heterocycles. The van der Waals surface area contributed by atoms with Crippen LogP contribution in [0.2, 0.25) is 0 Å². The first-order valence-electron chi connectivity index (χ1n) is 5.68. The molecule has 90 valence electrons. The lowest BCUT2D eigenvalue weighted by atomic mass is 10.2. The predicted octanol–water partition coefficient (Wildman–Crippen LogP) is 1.12. The molecule has 5 heteroatoms. The molecule has 4 nitrogen and oxygen atoms in total. The highest BCUT2D eigenvalue weighted by molar-refractivity contribution is 7.09. The van der Waals surface area contributed by atoms with E-state index in [1.165, 1.54) is 4.88 Å². The van der Waals surface area contributed by atoms with Gasteiger partial charge in [-0.1, -0.05) is 0 Å². The minimum Gasteiger partial charge on any atom is -0.374 e. The number of nitrogens with zero attached hydrogens (tertiary/aromatic N) is 2. The van der Waals surface area contributed by atoms with Gasteiger partial charge in [0.2, 0.25) is 0 Å². The maximum atomic E-state index is 5.70. The summed E-state index contributed by atoms with van der Waals surface area (Å²) in [6, 6.07) is 0.415. The number of morpholine rings is 1. The van der Waals surface area contributed by atoms with Crippen molar-refractivity contribution in [3.05, 3.63) is 16.6 Å². The molecule has 1 aromatic rings. The van der Waals surface area contributed by atoms with Crippen LogP contribution in [0.25, 0.3) is 0 Å². The molecule has 16 heavy (non-hydrogen) atoms. The van der Waals surface area contributed by atoms with Crippen molar-refractivity contribution in [2.45, 2.75) is 19.1 Å². The molecule has 0 aromatic carbocycles. The van der Waals surface area contributed by atoms with E-state index in [4.69, 9.17) is 4.74 Å². The van der Waals surface area contributed by atoms with E-state index in [9.17, 15) is 0 Å². The van der Waals surface area contributed by atoms with Gasteiger partial charge in [0, 0.05) is 36.8 Å². The highest BCUT2D eigenvalue weighted by Gasteiger charge is 2.19. The van der Waals surface area contributed by atoms with Gasteiger partial charge in [-0.15, -0.1) is 11.3 Å². The van der Waals surface area contributed by atoms with Gasteiger partial charge < -0.3 is 10.1 Å². The number of aromatic nitrogens is 1. The zero-order valence-corrected chi connectivity index (χ0v) is 10.7. The Morgan fingerprint density at radius 1 is 1.75 bits per heavy atom. The Kier molecular flexibility index (Phi) is 4.29. The van der Waals surface area contributed by atoms with Crippen molar-refractivity contribution in [3.63, 3.8) is 0 Å². The second-order valence-electron chi connectivity index (χ2n) is 4.22. The monoisotopic (exact) mass is 241 g/mol. The summed E-state index contributed by atoms with van der Waals surface area (Å²) in [7, 11) is 2.14. The molecule has 2 rings (SSSR count). The zero-order chi connectivity index (χ0) is 11.4. The summed E-state index contributed by atoms with van der Waals surface area (Å²) in [4.78, 5) is 7.76. The first kappa shape index (κ1) is 12.0. The van der Waals surface area contributed by atoms with Crippen LogP contribution in [0.4, 0.5) is 0 Å². The van der Waals surface area contributed by atoms with E-state index in [2.05, 4.69) is 29.2 Å². The van der Waals surface area contributed by atoms with Crippen molar-refractivity contribution < 1.29 is 4.74 Å². The molecule has 1 aliphatic rings.